The van der Waals surface area contributed by atoms with Gasteiger partial charge in [0, 0.05) is 13.0 Å². The normalized spacial score (nSPS) is 16.6. The van der Waals surface area contributed by atoms with Crippen molar-refractivity contribution in [2.75, 3.05) is 0 Å². The maximum absolute atomic E-state index is 12.8. The van der Waals surface area contributed by atoms with Crippen molar-refractivity contribution < 1.29 is 13.2 Å². The first-order chi connectivity index (χ1) is 10.3. The number of alkyl halides is 3. The predicted molar refractivity (Wildman–Crippen MR) is 74.2 cm³/mol. The zero-order valence-corrected chi connectivity index (χ0v) is 12.6. The second-order valence-corrected chi connectivity index (χ2v) is 5.84. The highest BCUT2D eigenvalue weighted by atomic mass is 19.4. The Kier molecular flexibility index (Phi) is 3.70. The second kappa shape index (κ2) is 5.40. The Morgan fingerprint density at radius 2 is 1.95 bits per heavy atom. The van der Waals surface area contributed by atoms with Crippen molar-refractivity contribution in [2.24, 2.45) is 7.05 Å². The summed E-state index contributed by atoms with van der Waals surface area (Å²) >= 11 is 0. The molecule has 1 aliphatic rings. The van der Waals surface area contributed by atoms with Gasteiger partial charge in [0.1, 0.15) is 12.2 Å². The van der Waals surface area contributed by atoms with Crippen molar-refractivity contribution in [3.05, 3.63) is 17.8 Å². The Hall–Kier alpha value is -1.86. The van der Waals surface area contributed by atoms with E-state index < -0.39 is 12.7 Å². The molecule has 0 bridgehead atoms. The second-order valence-electron chi connectivity index (χ2n) is 5.84. The summed E-state index contributed by atoms with van der Waals surface area (Å²) in [5.41, 5.74) is 1.23. The van der Waals surface area contributed by atoms with Gasteiger partial charge in [-0.15, -0.1) is 0 Å². The fraction of sp³-hybridized carbons (Fsp3) is 0.643. The Morgan fingerprint density at radius 1 is 1.27 bits per heavy atom. The summed E-state index contributed by atoms with van der Waals surface area (Å²) in [6.45, 7) is 0.629. The molecular formula is C14H18F3N5. The molecular weight excluding hydrogens is 295 g/mol. The molecule has 0 amide bonds. The molecule has 5 nitrogen and oxygen atoms in total. The van der Waals surface area contributed by atoms with Crippen LogP contribution in [0, 0.1) is 6.92 Å². The number of rotatable bonds is 3. The van der Waals surface area contributed by atoms with Crippen molar-refractivity contribution in [3.63, 3.8) is 0 Å². The zero-order chi connectivity index (χ0) is 15.9. The summed E-state index contributed by atoms with van der Waals surface area (Å²) in [5.74, 6) is 0.941. The third-order valence-electron chi connectivity index (χ3n) is 4.07. The summed E-state index contributed by atoms with van der Waals surface area (Å²) in [7, 11) is 1.75. The summed E-state index contributed by atoms with van der Waals surface area (Å²) in [5, 5.41) is 4.16. The van der Waals surface area contributed by atoms with E-state index in [0.29, 0.717) is 17.2 Å². The van der Waals surface area contributed by atoms with E-state index in [0.717, 1.165) is 30.4 Å². The van der Waals surface area contributed by atoms with Crippen LogP contribution in [0.3, 0.4) is 0 Å². The molecule has 3 rings (SSSR count). The molecule has 120 valence electrons. The van der Waals surface area contributed by atoms with Gasteiger partial charge in [0.2, 0.25) is 0 Å². The lowest BCUT2D eigenvalue weighted by molar-refractivity contribution is -0.142. The van der Waals surface area contributed by atoms with Gasteiger partial charge in [0.05, 0.1) is 12.0 Å². The van der Waals surface area contributed by atoms with Crippen molar-refractivity contribution in [3.8, 4) is 11.5 Å². The molecule has 0 radical (unpaired) electrons. The van der Waals surface area contributed by atoms with E-state index in [2.05, 4.69) is 15.1 Å². The SMILES string of the molecule is Cc1ncn(C)c1-c1nc(C2CCCC2)nn1CC(F)(F)F. The van der Waals surface area contributed by atoms with Crippen LogP contribution in [0.2, 0.25) is 0 Å². The van der Waals surface area contributed by atoms with Crippen LogP contribution in [0.15, 0.2) is 6.33 Å². The lowest BCUT2D eigenvalue weighted by atomic mass is 10.1. The number of aromatic nitrogens is 5. The van der Waals surface area contributed by atoms with Crippen LogP contribution in [0.1, 0.15) is 43.1 Å². The smallest absolute Gasteiger partial charge is 0.331 e. The average molecular weight is 313 g/mol. The molecule has 0 unspecified atom stereocenters. The van der Waals surface area contributed by atoms with Crippen molar-refractivity contribution in [1.29, 1.82) is 0 Å². The molecule has 0 spiro atoms. The number of imidazole rings is 1. The van der Waals surface area contributed by atoms with E-state index in [1.165, 1.54) is 0 Å². The third-order valence-corrected chi connectivity index (χ3v) is 4.07. The standard InChI is InChI=1S/C14H18F3N5/c1-9-11(21(2)8-18-9)13-19-12(10-5-3-4-6-10)20-22(13)7-14(15,16)17/h8,10H,3-7H2,1-2H3. The molecule has 0 aromatic carbocycles. The van der Waals surface area contributed by atoms with Gasteiger partial charge >= 0.3 is 6.18 Å². The predicted octanol–water partition coefficient (Wildman–Crippen LogP) is 3.21. The molecule has 0 atom stereocenters. The van der Waals surface area contributed by atoms with E-state index in [9.17, 15) is 13.2 Å². The number of nitrogens with zero attached hydrogens (tertiary/aromatic N) is 5. The van der Waals surface area contributed by atoms with Crippen molar-refractivity contribution in [2.45, 2.75) is 51.2 Å². The molecule has 0 aliphatic heterocycles. The monoisotopic (exact) mass is 313 g/mol. The van der Waals surface area contributed by atoms with Gasteiger partial charge < -0.3 is 4.57 Å². The van der Waals surface area contributed by atoms with Gasteiger partial charge in [-0.1, -0.05) is 12.8 Å². The fourth-order valence-electron chi connectivity index (χ4n) is 3.04. The average Bonchev–Trinajstić information content (AvgIpc) is 3.10. The van der Waals surface area contributed by atoms with Gasteiger partial charge in [-0.2, -0.15) is 18.3 Å². The molecule has 8 heteroatoms. The van der Waals surface area contributed by atoms with Gasteiger partial charge in [0.15, 0.2) is 11.6 Å². The van der Waals surface area contributed by atoms with E-state index in [1.807, 2.05) is 0 Å². The number of hydrogen-bond donors (Lipinski definition) is 0. The summed E-state index contributed by atoms with van der Waals surface area (Å²) in [4.78, 5) is 8.57. The van der Waals surface area contributed by atoms with Crippen LogP contribution in [-0.4, -0.2) is 30.5 Å². The minimum Gasteiger partial charge on any atom is -0.331 e. The van der Waals surface area contributed by atoms with Gasteiger partial charge in [-0.25, -0.2) is 14.6 Å². The van der Waals surface area contributed by atoms with Crippen molar-refractivity contribution in [1.82, 2.24) is 24.3 Å². The summed E-state index contributed by atoms with van der Waals surface area (Å²) in [6, 6.07) is 0. The Labute approximate surface area is 126 Å². The zero-order valence-electron chi connectivity index (χ0n) is 12.6. The van der Waals surface area contributed by atoms with E-state index in [1.54, 1.807) is 24.9 Å². The van der Waals surface area contributed by atoms with Crippen LogP contribution in [0.25, 0.3) is 11.5 Å². The molecule has 1 fully saturated rings. The molecule has 2 aromatic rings. The molecule has 2 aromatic heterocycles. The third kappa shape index (κ3) is 2.86. The lowest BCUT2D eigenvalue weighted by Crippen LogP contribution is -2.20. The highest BCUT2D eigenvalue weighted by Crippen LogP contribution is 2.34. The van der Waals surface area contributed by atoms with E-state index in [-0.39, 0.29) is 11.7 Å². The topological polar surface area (TPSA) is 48.5 Å². The molecule has 0 saturated heterocycles. The van der Waals surface area contributed by atoms with Crippen LogP contribution in [0.4, 0.5) is 13.2 Å². The molecule has 2 heterocycles. The highest BCUT2D eigenvalue weighted by Gasteiger charge is 2.33. The van der Waals surface area contributed by atoms with Crippen LogP contribution in [0.5, 0.6) is 0 Å². The summed E-state index contributed by atoms with van der Waals surface area (Å²) in [6.07, 6.45) is 1.30. The van der Waals surface area contributed by atoms with Crippen molar-refractivity contribution >= 4 is 0 Å². The molecule has 1 aliphatic carbocycles. The molecule has 0 N–H and O–H groups in total. The van der Waals surface area contributed by atoms with Crippen LogP contribution >= 0.6 is 0 Å². The first-order valence-corrected chi connectivity index (χ1v) is 7.35. The van der Waals surface area contributed by atoms with E-state index in [4.69, 9.17) is 0 Å². The fourth-order valence-corrected chi connectivity index (χ4v) is 3.04. The lowest BCUT2D eigenvalue weighted by Gasteiger charge is -2.09. The Balaban J connectivity index is 2.06. The number of halogens is 3. The minimum absolute atomic E-state index is 0.168. The number of aryl methyl sites for hydroxylation is 2. The Morgan fingerprint density at radius 3 is 2.50 bits per heavy atom. The molecule has 1 saturated carbocycles. The maximum Gasteiger partial charge on any atom is 0.408 e. The quantitative estimate of drug-likeness (QED) is 0.874. The van der Waals surface area contributed by atoms with Crippen LogP contribution < -0.4 is 0 Å². The number of hydrogen-bond acceptors (Lipinski definition) is 3. The van der Waals surface area contributed by atoms with Gasteiger partial charge in [-0.3, -0.25) is 0 Å². The van der Waals surface area contributed by atoms with E-state index >= 15 is 0 Å². The van der Waals surface area contributed by atoms with Gasteiger partial charge in [-0.05, 0) is 19.8 Å². The van der Waals surface area contributed by atoms with Crippen LogP contribution in [-0.2, 0) is 13.6 Å². The first-order valence-electron chi connectivity index (χ1n) is 7.35. The minimum atomic E-state index is -4.33. The highest BCUT2D eigenvalue weighted by molar-refractivity contribution is 5.53. The maximum atomic E-state index is 12.8. The summed E-state index contributed by atoms with van der Waals surface area (Å²) < 4.78 is 41.2. The van der Waals surface area contributed by atoms with Gasteiger partial charge in [0.25, 0.3) is 0 Å². The molecule has 22 heavy (non-hydrogen) atoms. The largest absolute Gasteiger partial charge is 0.408 e. The first kappa shape index (κ1) is 15.1. The Bertz CT molecular complexity index is 645.